The average Bonchev–Trinajstić information content (AvgIpc) is 2.50. The molecule has 1 heterocycles. The lowest BCUT2D eigenvalue weighted by molar-refractivity contribution is 0.476. The minimum absolute atomic E-state index is 0.414. The molecule has 0 saturated heterocycles. The van der Waals surface area contributed by atoms with E-state index in [0.717, 1.165) is 12.2 Å². The largest absolute Gasteiger partial charge is 0.304 e. The number of aryl methyl sites for hydroxylation is 1. The fourth-order valence-corrected chi connectivity index (χ4v) is 2.40. The Morgan fingerprint density at radius 1 is 1.10 bits per heavy atom. The Morgan fingerprint density at radius 2 is 1.90 bits per heavy atom. The molecule has 2 nitrogen and oxygen atoms in total. The first-order chi connectivity index (χ1) is 9.81. The Kier molecular flexibility index (Phi) is 5.75. The molecule has 1 atom stereocenters. The standard InChI is InChI=1S/C18H24N2/c1-3-4-12-17(16-10-6-5-7-11-16)20-14-18-15(2)9-8-13-19-18/h5-11,13,17,20H,3-4,12,14H2,1-2H3. The van der Waals surface area contributed by atoms with Gasteiger partial charge in [-0.25, -0.2) is 0 Å². The molecule has 0 spiro atoms. The van der Waals surface area contributed by atoms with Crippen LogP contribution in [-0.2, 0) is 6.54 Å². The lowest BCUT2D eigenvalue weighted by atomic mass is 10.0. The molecule has 0 fully saturated rings. The molecule has 0 aliphatic rings. The van der Waals surface area contributed by atoms with Gasteiger partial charge in [-0.3, -0.25) is 4.98 Å². The van der Waals surface area contributed by atoms with E-state index in [4.69, 9.17) is 0 Å². The van der Waals surface area contributed by atoms with Gasteiger partial charge in [0.05, 0.1) is 5.69 Å². The molecule has 1 N–H and O–H groups in total. The van der Waals surface area contributed by atoms with Crippen LogP contribution in [-0.4, -0.2) is 4.98 Å². The molecule has 0 amide bonds. The Hall–Kier alpha value is -1.67. The average molecular weight is 268 g/mol. The normalized spacial score (nSPS) is 12.3. The number of unbranched alkanes of at least 4 members (excludes halogenated alkanes) is 1. The lowest BCUT2D eigenvalue weighted by Gasteiger charge is -2.19. The SMILES string of the molecule is CCCCC(NCc1ncccc1C)c1ccccc1. The topological polar surface area (TPSA) is 24.9 Å². The summed E-state index contributed by atoms with van der Waals surface area (Å²) >= 11 is 0. The van der Waals surface area contributed by atoms with Gasteiger partial charge in [-0.1, -0.05) is 56.2 Å². The summed E-state index contributed by atoms with van der Waals surface area (Å²) < 4.78 is 0. The smallest absolute Gasteiger partial charge is 0.0570 e. The maximum atomic E-state index is 4.46. The minimum Gasteiger partial charge on any atom is -0.304 e. The van der Waals surface area contributed by atoms with E-state index in [9.17, 15) is 0 Å². The molecule has 20 heavy (non-hydrogen) atoms. The molecule has 0 aliphatic carbocycles. The van der Waals surface area contributed by atoms with E-state index in [2.05, 4.69) is 60.5 Å². The molecule has 2 heteroatoms. The third kappa shape index (κ3) is 4.17. The Labute approximate surface area is 122 Å². The lowest BCUT2D eigenvalue weighted by Crippen LogP contribution is -2.22. The summed E-state index contributed by atoms with van der Waals surface area (Å²) in [5.74, 6) is 0. The summed E-state index contributed by atoms with van der Waals surface area (Å²) in [6.45, 7) is 5.19. The zero-order valence-electron chi connectivity index (χ0n) is 12.5. The van der Waals surface area contributed by atoms with Crippen molar-refractivity contribution in [1.29, 1.82) is 0 Å². The fourth-order valence-electron chi connectivity index (χ4n) is 2.40. The second-order valence-electron chi connectivity index (χ2n) is 5.25. The highest BCUT2D eigenvalue weighted by Crippen LogP contribution is 2.20. The van der Waals surface area contributed by atoms with Gasteiger partial charge in [-0.15, -0.1) is 0 Å². The first-order valence-electron chi connectivity index (χ1n) is 7.50. The van der Waals surface area contributed by atoms with Crippen LogP contribution in [0.1, 0.15) is 49.0 Å². The Balaban J connectivity index is 2.03. The monoisotopic (exact) mass is 268 g/mol. The van der Waals surface area contributed by atoms with E-state index in [0.29, 0.717) is 6.04 Å². The highest BCUT2D eigenvalue weighted by Gasteiger charge is 2.10. The molecule has 0 saturated carbocycles. The maximum Gasteiger partial charge on any atom is 0.0570 e. The number of hydrogen-bond donors (Lipinski definition) is 1. The van der Waals surface area contributed by atoms with Crippen LogP contribution in [0.3, 0.4) is 0 Å². The van der Waals surface area contributed by atoms with E-state index in [1.807, 2.05) is 12.3 Å². The molecule has 0 bridgehead atoms. The van der Waals surface area contributed by atoms with Gasteiger partial charge in [-0.05, 0) is 30.5 Å². The molecule has 0 radical (unpaired) electrons. The van der Waals surface area contributed by atoms with E-state index < -0.39 is 0 Å². The van der Waals surface area contributed by atoms with Crippen LogP contribution in [0.4, 0.5) is 0 Å². The molecule has 2 rings (SSSR count). The minimum atomic E-state index is 0.414. The van der Waals surface area contributed by atoms with Gasteiger partial charge in [0.2, 0.25) is 0 Å². The van der Waals surface area contributed by atoms with Crippen molar-refractivity contribution in [3.63, 3.8) is 0 Å². The first kappa shape index (κ1) is 14.7. The summed E-state index contributed by atoms with van der Waals surface area (Å²) in [4.78, 5) is 4.46. The molecule has 1 unspecified atom stereocenters. The number of benzene rings is 1. The molecule has 1 aromatic heterocycles. The zero-order chi connectivity index (χ0) is 14.2. The summed E-state index contributed by atoms with van der Waals surface area (Å²) in [6, 6.07) is 15.2. The van der Waals surface area contributed by atoms with Crippen molar-refractivity contribution in [1.82, 2.24) is 10.3 Å². The van der Waals surface area contributed by atoms with Crippen LogP contribution in [0.2, 0.25) is 0 Å². The van der Waals surface area contributed by atoms with Crippen LogP contribution in [0.15, 0.2) is 48.7 Å². The molecule has 2 aromatic rings. The highest BCUT2D eigenvalue weighted by atomic mass is 14.9. The van der Waals surface area contributed by atoms with Crippen LogP contribution in [0, 0.1) is 6.92 Å². The molecule has 106 valence electrons. The van der Waals surface area contributed by atoms with Crippen LogP contribution < -0.4 is 5.32 Å². The van der Waals surface area contributed by atoms with Gasteiger partial charge in [0.25, 0.3) is 0 Å². The molecular weight excluding hydrogens is 244 g/mol. The number of nitrogens with zero attached hydrogens (tertiary/aromatic N) is 1. The third-order valence-electron chi connectivity index (χ3n) is 3.68. The number of nitrogens with one attached hydrogen (secondary N) is 1. The second kappa shape index (κ2) is 7.81. The quantitative estimate of drug-likeness (QED) is 0.804. The van der Waals surface area contributed by atoms with Crippen molar-refractivity contribution in [2.24, 2.45) is 0 Å². The van der Waals surface area contributed by atoms with Crippen LogP contribution in [0.5, 0.6) is 0 Å². The number of pyridine rings is 1. The van der Waals surface area contributed by atoms with Crippen LogP contribution >= 0.6 is 0 Å². The predicted octanol–water partition coefficient (Wildman–Crippen LogP) is 4.41. The number of hydrogen-bond acceptors (Lipinski definition) is 2. The summed E-state index contributed by atoms with van der Waals surface area (Å²) in [5, 5.41) is 3.67. The predicted molar refractivity (Wildman–Crippen MR) is 84.5 cm³/mol. The molecule has 0 aliphatic heterocycles. The summed E-state index contributed by atoms with van der Waals surface area (Å²) in [6.07, 6.45) is 5.52. The summed E-state index contributed by atoms with van der Waals surface area (Å²) in [5.41, 5.74) is 3.77. The Bertz CT molecular complexity index is 508. The van der Waals surface area contributed by atoms with Gasteiger partial charge in [-0.2, -0.15) is 0 Å². The molecular formula is C18H24N2. The van der Waals surface area contributed by atoms with Crippen molar-refractivity contribution in [3.8, 4) is 0 Å². The van der Waals surface area contributed by atoms with Crippen molar-refractivity contribution in [2.75, 3.05) is 0 Å². The second-order valence-corrected chi connectivity index (χ2v) is 5.25. The van der Waals surface area contributed by atoms with E-state index in [1.165, 1.54) is 30.4 Å². The van der Waals surface area contributed by atoms with Gasteiger partial charge in [0, 0.05) is 18.8 Å². The van der Waals surface area contributed by atoms with Gasteiger partial charge in [0.15, 0.2) is 0 Å². The van der Waals surface area contributed by atoms with Crippen molar-refractivity contribution < 1.29 is 0 Å². The zero-order valence-corrected chi connectivity index (χ0v) is 12.5. The van der Waals surface area contributed by atoms with Crippen molar-refractivity contribution in [3.05, 3.63) is 65.5 Å². The van der Waals surface area contributed by atoms with Gasteiger partial charge in [0.1, 0.15) is 0 Å². The highest BCUT2D eigenvalue weighted by molar-refractivity contribution is 5.20. The van der Waals surface area contributed by atoms with Crippen LogP contribution in [0.25, 0.3) is 0 Å². The van der Waals surface area contributed by atoms with Gasteiger partial charge >= 0.3 is 0 Å². The fraction of sp³-hybridized carbons (Fsp3) is 0.389. The Morgan fingerprint density at radius 3 is 2.60 bits per heavy atom. The van der Waals surface area contributed by atoms with E-state index >= 15 is 0 Å². The molecule has 1 aromatic carbocycles. The van der Waals surface area contributed by atoms with Crippen molar-refractivity contribution >= 4 is 0 Å². The van der Waals surface area contributed by atoms with Gasteiger partial charge < -0.3 is 5.32 Å². The van der Waals surface area contributed by atoms with E-state index in [-0.39, 0.29) is 0 Å². The maximum absolute atomic E-state index is 4.46. The van der Waals surface area contributed by atoms with Crippen molar-refractivity contribution in [2.45, 2.75) is 45.7 Å². The first-order valence-corrected chi connectivity index (χ1v) is 7.50. The third-order valence-corrected chi connectivity index (χ3v) is 3.68. The number of rotatable bonds is 7. The summed E-state index contributed by atoms with van der Waals surface area (Å²) in [7, 11) is 0. The van der Waals surface area contributed by atoms with E-state index in [1.54, 1.807) is 0 Å². The number of aromatic nitrogens is 1.